The molecule has 0 spiro atoms. The molecule has 0 unspecified atom stereocenters. The predicted molar refractivity (Wildman–Crippen MR) is 51.1 cm³/mol. The van der Waals surface area contributed by atoms with Crippen LogP contribution in [0.1, 0.15) is 5.82 Å². The number of hydrogen-bond donors (Lipinski definition) is 4. The zero-order valence-corrected chi connectivity index (χ0v) is 7.68. The van der Waals surface area contributed by atoms with E-state index in [9.17, 15) is 5.11 Å². The van der Waals surface area contributed by atoms with E-state index < -0.39 is 0 Å². The number of aliphatic hydroxyl groups is 1. The highest BCUT2D eigenvalue weighted by atomic mass is 16.3. The van der Waals surface area contributed by atoms with Crippen LogP contribution < -0.4 is 0 Å². The SMILES string of the molecule is OCc1nc(-c2ccc(O)c(O)c2)n[nH]1. The van der Waals surface area contributed by atoms with Crippen molar-refractivity contribution in [1.29, 1.82) is 0 Å². The number of nitrogens with zero attached hydrogens (tertiary/aromatic N) is 2. The minimum absolute atomic E-state index is 0.198. The number of phenols is 2. The normalized spacial score (nSPS) is 10.5. The lowest BCUT2D eigenvalue weighted by Crippen LogP contribution is -1.84. The van der Waals surface area contributed by atoms with E-state index in [4.69, 9.17) is 10.2 Å². The molecule has 6 nitrogen and oxygen atoms in total. The fourth-order valence-electron chi connectivity index (χ4n) is 1.16. The molecule has 0 atom stereocenters. The fourth-order valence-corrected chi connectivity index (χ4v) is 1.16. The van der Waals surface area contributed by atoms with Crippen LogP contribution in [0.5, 0.6) is 11.5 Å². The molecule has 15 heavy (non-hydrogen) atoms. The summed E-state index contributed by atoms with van der Waals surface area (Å²) in [6.07, 6.45) is 0. The van der Waals surface area contributed by atoms with Crippen LogP contribution in [0.4, 0.5) is 0 Å². The van der Waals surface area contributed by atoms with Crippen molar-refractivity contribution >= 4 is 0 Å². The van der Waals surface area contributed by atoms with Crippen molar-refractivity contribution in [3.05, 3.63) is 24.0 Å². The Morgan fingerprint density at radius 2 is 2.00 bits per heavy atom. The van der Waals surface area contributed by atoms with E-state index >= 15 is 0 Å². The molecule has 0 aliphatic rings. The summed E-state index contributed by atoms with van der Waals surface area (Å²) in [6, 6.07) is 4.26. The molecule has 1 aromatic heterocycles. The van der Waals surface area contributed by atoms with Gasteiger partial charge in [-0.25, -0.2) is 4.98 Å². The Labute approximate surface area is 84.9 Å². The van der Waals surface area contributed by atoms with E-state index in [0.717, 1.165) is 0 Å². The fraction of sp³-hybridized carbons (Fsp3) is 0.111. The zero-order chi connectivity index (χ0) is 10.8. The van der Waals surface area contributed by atoms with Gasteiger partial charge in [-0.3, -0.25) is 5.10 Å². The molecule has 0 radical (unpaired) electrons. The van der Waals surface area contributed by atoms with Gasteiger partial charge in [0.15, 0.2) is 23.1 Å². The Morgan fingerprint density at radius 3 is 2.60 bits per heavy atom. The average molecular weight is 207 g/mol. The van der Waals surface area contributed by atoms with Crippen LogP contribution in [-0.4, -0.2) is 30.5 Å². The Bertz CT molecular complexity index is 481. The van der Waals surface area contributed by atoms with Crippen LogP contribution in [-0.2, 0) is 6.61 Å². The lowest BCUT2D eigenvalue weighted by Gasteiger charge is -1.98. The molecule has 4 N–H and O–H groups in total. The molecule has 0 aliphatic heterocycles. The van der Waals surface area contributed by atoms with E-state index in [1.165, 1.54) is 12.1 Å². The Kier molecular flexibility index (Phi) is 2.26. The van der Waals surface area contributed by atoms with Crippen LogP contribution in [0, 0.1) is 0 Å². The van der Waals surface area contributed by atoms with Crippen molar-refractivity contribution in [3.8, 4) is 22.9 Å². The summed E-state index contributed by atoms with van der Waals surface area (Å²) < 4.78 is 0. The van der Waals surface area contributed by atoms with Crippen molar-refractivity contribution in [1.82, 2.24) is 15.2 Å². The standard InChI is InChI=1S/C9H9N3O3/c13-4-8-10-9(12-11-8)5-1-2-6(14)7(15)3-5/h1-3,13-15H,4H2,(H,10,11,12). The number of rotatable bonds is 2. The number of nitrogens with one attached hydrogen (secondary N) is 1. The zero-order valence-electron chi connectivity index (χ0n) is 7.68. The van der Waals surface area contributed by atoms with Gasteiger partial charge >= 0.3 is 0 Å². The van der Waals surface area contributed by atoms with Gasteiger partial charge in [-0.1, -0.05) is 0 Å². The summed E-state index contributed by atoms with van der Waals surface area (Å²) in [5.74, 6) is 0.270. The highest BCUT2D eigenvalue weighted by Gasteiger charge is 2.07. The van der Waals surface area contributed by atoms with Gasteiger partial charge in [0.1, 0.15) is 6.61 Å². The molecule has 1 heterocycles. The maximum absolute atomic E-state index is 9.26. The molecular formula is C9H9N3O3. The minimum Gasteiger partial charge on any atom is -0.504 e. The number of H-pyrrole nitrogens is 1. The molecule has 78 valence electrons. The second kappa shape index (κ2) is 3.58. The third-order valence-corrected chi connectivity index (χ3v) is 1.92. The summed E-state index contributed by atoms with van der Waals surface area (Å²) in [7, 11) is 0. The van der Waals surface area contributed by atoms with Crippen LogP contribution in [0.15, 0.2) is 18.2 Å². The number of hydrogen-bond acceptors (Lipinski definition) is 5. The number of aromatic amines is 1. The number of benzene rings is 1. The highest BCUT2D eigenvalue weighted by molar-refractivity contribution is 5.60. The summed E-state index contributed by atoms with van der Waals surface area (Å²) in [6.45, 7) is -0.225. The second-order valence-electron chi connectivity index (χ2n) is 2.97. The topological polar surface area (TPSA) is 102 Å². The van der Waals surface area contributed by atoms with E-state index in [0.29, 0.717) is 17.2 Å². The molecule has 0 fully saturated rings. The Balaban J connectivity index is 2.40. The first-order valence-electron chi connectivity index (χ1n) is 4.25. The molecule has 0 aliphatic carbocycles. The van der Waals surface area contributed by atoms with Crippen molar-refractivity contribution in [2.24, 2.45) is 0 Å². The third kappa shape index (κ3) is 1.75. The maximum atomic E-state index is 9.26. The largest absolute Gasteiger partial charge is 0.504 e. The number of aromatic hydroxyl groups is 2. The van der Waals surface area contributed by atoms with Gasteiger partial charge in [-0.2, -0.15) is 5.10 Å². The van der Waals surface area contributed by atoms with Crippen LogP contribution >= 0.6 is 0 Å². The van der Waals surface area contributed by atoms with Gasteiger partial charge < -0.3 is 15.3 Å². The number of aromatic nitrogens is 3. The van der Waals surface area contributed by atoms with Gasteiger partial charge in [-0.15, -0.1) is 0 Å². The molecule has 0 bridgehead atoms. The maximum Gasteiger partial charge on any atom is 0.181 e. The monoisotopic (exact) mass is 207 g/mol. The third-order valence-electron chi connectivity index (χ3n) is 1.92. The summed E-state index contributed by atoms with van der Waals surface area (Å²) in [5, 5.41) is 33.5. The molecule has 2 aromatic rings. The van der Waals surface area contributed by atoms with E-state index in [1.54, 1.807) is 6.07 Å². The average Bonchev–Trinajstić information content (AvgIpc) is 2.70. The van der Waals surface area contributed by atoms with Crippen molar-refractivity contribution < 1.29 is 15.3 Å². The number of aliphatic hydroxyl groups excluding tert-OH is 1. The van der Waals surface area contributed by atoms with Gasteiger partial charge in [0.25, 0.3) is 0 Å². The van der Waals surface area contributed by atoms with E-state index in [2.05, 4.69) is 15.2 Å². The summed E-state index contributed by atoms with van der Waals surface area (Å²) in [4.78, 5) is 3.96. The first kappa shape index (κ1) is 9.47. The Morgan fingerprint density at radius 1 is 1.20 bits per heavy atom. The Hall–Kier alpha value is -2.08. The van der Waals surface area contributed by atoms with Crippen LogP contribution in [0.2, 0.25) is 0 Å². The van der Waals surface area contributed by atoms with E-state index in [-0.39, 0.29) is 18.1 Å². The summed E-state index contributed by atoms with van der Waals surface area (Å²) >= 11 is 0. The lowest BCUT2D eigenvalue weighted by atomic mass is 10.2. The van der Waals surface area contributed by atoms with Crippen molar-refractivity contribution in [2.75, 3.05) is 0 Å². The van der Waals surface area contributed by atoms with Crippen LogP contribution in [0.3, 0.4) is 0 Å². The van der Waals surface area contributed by atoms with Gasteiger partial charge in [-0.05, 0) is 18.2 Å². The summed E-state index contributed by atoms with van der Waals surface area (Å²) in [5.41, 5.74) is 0.557. The second-order valence-corrected chi connectivity index (χ2v) is 2.97. The molecule has 0 saturated carbocycles. The molecule has 0 amide bonds. The quantitative estimate of drug-likeness (QED) is 0.533. The molecular weight excluding hydrogens is 198 g/mol. The van der Waals surface area contributed by atoms with Gasteiger partial charge in [0, 0.05) is 5.56 Å². The first-order valence-corrected chi connectivity index (χ1v) is 4.25. The predicted octanol–water partition coefficient (Wildman–Crippen LogP) is 0.375. The first-order chi connectivity index (χ1) is 7.20. The van der Waals surface area contributed by atoms with Crippen molar-refractivity contribution in [3.63, 3.8) is 0 Å². The minimum atomic E-state index is -0.233. The molecule has 1 aromatic carbocycles. The van der Waals surface area contributed by atoms with Gasteiger partial charge in [0.2, 0.25) is 0 Å². The number of phenolic OH excluding ortho intramolecular Hbond substituents is 2. The van der Waals surface area contributed by atoms with E-state index in [1.807, 2.05) is 0 Å². The molecule has 0 saturated heterocycles. The van der Waals surface area contributed by atoms with Crippen LogP contribution in [0.25, 0.3) is 11.4 Å². The van der Waals surface area contributed by atoms with Crippen molar-refractivity contribution in [2.45, 2.75) is 6.61 Å². The van der Waals surface area contributed by atoms with Gasteiger partial charge in [0.05, 0.1) is 0 Å². The lowest BCUT2D eigenvalue weighted by molar-refractivity contribution is 0.272. The molecule has 2 rings (SSSR count). The highest BCUT2D eigenvalue weighted by Crippen LogP contribution is 2.28. The smallest absolute Gasteiger partial charge is 0.181 e. The molecule has 6 heteroatoms.